The van der Waals surface area contributed by atoms with Crippen LogP contribution in [0.1, 0.15) is 27.5 Å². The highest BCUT2D eigenvalue weighted by atomic mass is 32.2. The summed E-state index contributed by atoms with van der Waals surface area (Å²) in [6.07, 6.45) is 1.03. The average Bonchev–Trinajstić information content (AvgIpc) is 2.91. The summed E-state index contributed by atoms with van der Waals surface area (Å²) in [5.41, 5.74) is 7.44. The van der Waals surface area contributed by atoms with Gasteiger partial charge in [-0.2, -0.15) is 5.26 Å². The monoisotopic (exact) mass is 535 g/mol. The lowest BCUT2D eigenvalue weighted by Gasteiger charge is -2.38. The molecular weight excluding hydrogens is 509 g/mol. The maximum Gasteiger partial charge on any atom is 0.254 e. The lowest BCUT2D eigenvalue weighted by atomic mass is 10.0. The summed E-state index contributed by atoms with van der Waals surface area (Å²) in [6.45, 7) is 1.13. The van der Waals surface area contributed by atoms with E-state index in [9.17, 15) is 27.7 Å². The van der Waals surface area contributed by atoms with Crippen molar-refractivity contribution in [2.45, 2.75) is 10.9 Å². The van der Waals surface area contributed by atoms with Crippen LogP contribution in [0.4, 0.5) is 15.8 Å². The molecule has 1 saturated heterocycles. The number of amides is 2. The van der Waals surface area contributed by atoms with E-state index in [0.29, 0.717) is 24.3 Å². The topological polar surface area (TPSA) is 137 Å². The SMILES string of the molecule is CS(=O)(=O)c1cc(F)ccc1N1CCN(C(=O)[C@H](NC(=O)c2cc(C#N)ccc2N)c2ccccc2)CC1. The van der Waals surface area contributed by atoms with Gasteiger partial charge in [0.25, 0.3) is 5.91 Å². The van der Waals surface area contributed by atoms with Gasteiger partial charge in [-0.1, -0.05) is 30.3 Å². The van der Waals surface area contributed by atoms with Crippen molar-refractivity contribution < 1.29 is 22.4 Å². The van der Waals surface area contributed by atoms with Crippen LogP contribution in [-0.4, -0.2) is 57.6 Å². The minimum atomic E-state index is -3.67. The summed E-state index contributed by atoms with van der Waals surface area (Å²) in [5, 5.41) is 12.0. The molecule has 0 unspecified atom stereocenters. The van der Waals surface area contributed by atoms with E-state index in [0.717, 1.165) is 12.3 Å². The number of nitrogens with one attached hydrogen (secondary N) is 1. The summed E-state index contributed by atoms with van der Waals surface area (Å²) in [5.74, 6) is -1.59. The maximum atomic E-state index is 13.8. The summed E-state index contributed by atoms with van der Waals surface area (Å²) in [7, 11) is -3.67. The molecule has 1 aliphatic rings. The van der Waals surface area contributed by atoms with Gasteiger partial charge in [0.2, 0.25) is 5.91 Å². The predicted octanol–water partition coefficient (Wildman–Crippen LogP) is 2.50. The number of piperazine rings is 1. The number of sulfone groups is 1. The van der Waals surface area contributed by atoms with E-state index in [4.69, 9.17) is 5.73 Å². The van der Waals surface area contributed by atoms with Crippen LogP contribution in [0.3, 0.4) is 0 Å². The van der Waals surface area contributed by atoms with Crippen molar-refractivity contribution in [1.29, 1.82) is 5.26 Å². The Labute approximate surface area is 220 Å². The number of hydrogen-bond acceptors (Lipinski definition) is 7. The van der Waals surface area contributed by atoms with E-state index >= 15 is 0 Å². The Kier molecular flexibility index (Phi) is 7.64. The molecule has 3 aromatic carbocycles. The van der Waals surface area contributed by atoms with Crippen molar-refractivity contribution in [3.05, 3.63) is 89.2 Å². The van der Waals surface area contributed by atoms with Gasteiger partial charge in [0.1, 0.15) is 11.9 Å². The van der Waals surface area contributed by atoms with E-state index in [-0.39, 0.29) is 40.7 Å². The Bertz CT molecular complexity index is 1510. The number of nitriles is 1. The molecule has 3 aromatic rings. The largest absolute Gasteiger partial charge is 0.398 e. The third kappa shape index (κ3) is 5.76. The van der Waals surface area contributed by atoms with Crippen molar-refractivity contribution in [3.8, 4) is 6.07 Å². The van der Waals surface area contributed by atoms with Gasteiger partial charge in [-0.05, 0) is 42.0 Å². The van der Waals surface area contributed by atoms with E-state index in [1.807, 2.05) is 6.07 Å². The van der Waals surface area contributed by atoms with Gasteiger partial charge < -0.3 is 20.9 Å². The quantitative estimate of drug-likeness (QED) is 0.463. The third-order valence-corrected chi connectivity index (χ3v) is 7.46. The first kappa shape index (κ1) is 26.6. The van der Waals surface area contributed by atoms with Gasteiger partial charge in [0.05, 0.1) is 27.8 Å². The van der Waals surface area contributed by atoms with E-state index in [1.165, 1.54) is 30.3 Å². The molecule has 0 radical (unpaired) electrons. The highest BCUT2D eigenvalue weighted by molar-refractivity contribution is 7.90. The molecule has 1 fully saturated rings. The minimum Gasteiger partial charge on any atom is -0.398 e. The van der Waals surface area contributed by atoms with Gasteiger partial charge >= 0.3 is 0 Å². The molecule has 0 spiro atoms. The number of carbonyl (C=O) groups is 2. The van der Waals surface area contributed by atoms with E-state index < -0.39 is 27.6 Å². The average molecular weight is 536 g/mol. The fourth-order valence-electron chi connectivity index (χ4n) is 4.36. The summed E-state index contributed by atoms with van der Waals surface area (Å²) in [6, 6.07) is 17.7. The number of nitrogen functional groups attached to an aromatic ring is 1. The Morgan fingerprint density at radius 2 is 1.71 bits per heavy atom. The molecule has 38 heavy (non-hydrogen) atoms. The second kappa shape index (κ2) is 10.9. The number of hydrogen-bond donors (Lipinski definition) is 2. The smallest absolute Gasteiger partial charge is 0.254 e. The van der Waals surface area contributed by atoms with E-state index in [1.54, 1.807) is 40.1 Å². The molecule has 0 bridgehead atoms. The Hall–Kier alpha value is -4.43. The third-order valence-electron chi connectivity index (χ3n) is 6.34. The van der Waals surface area contributed by atoms with E-state index in [2.05, 4.69) is 5.32 Å². The number of carbonyl (C=O) groups excluding carboxylic acids is 2. The molecule has 1 heterocycles. The second-order valence-electron chi connectivity index (χ2n) is 8.93. The molecule has 11 heteroatoms. The highest BCUT2D eigenvalue weighted by Crippen LogP contribution is 2.28. The van der Waals surface area contributed by atoms with Crippen LogP contribution in [-0.2, 0) is 14.6 Å². The molecule has 0 saturated carbocycles. The predicted molar refractivity (Wildman–Crippen MR) is 141 cm³/mol. The van der Waals surface area contributed by atoms with Gasteiger partial charge in [-0.15, -0.1) is 0 Å². The Morgan fingerprint density at radius 3 is 2.34 bits per heavy atom. The molecule has 0 aromatic heterocycles. The van der Waals surface area contributed by atoms with Crippen molar-refractivity contribution in [2.75, 3.05) is 43.1 Å². The van der Waals surface area contributed by atoms with Gasteiger partial charge in [0, 0.05) is 38.1 Å². The fourth-order valence-corrected chi connectivity index (χ4v) is 5.26. The van der Waals surface area contributed by atoms with Crippen LogP contribution in [0.15, 0.2) is 71.6 Å². The van der Waals surface area contributed by atoms with Crippen molar-refractivity contribution in [1.82, 2.24) is 10.2 Å². The lowest BCUT2D eigenvalue weighted by molar-refractivity contribution is -0.133. The number of anilines is 2. The first-order valence-corrected chi connectivity index (χ1v) is 13.7. The second-order valence-corrected chi connectivity index (χ2v) is 10.9. The van der Waals surface area contributed by atoms with Crippen LogP contribution in [0.5, 0.6) is 0 Å². The molecule has 4 rings (SSSR count). The lowest BCUT2D eigenvalue weighted by Crippen LogP contribution is -2.52. The zero-order valence-electron chi connectivity index (χ0n) is 20.6. The summed E-state index contributed by atoms with van der Waals surface area (Å²) < 4.78 is 38.2. The van der Waals surface area contributed by atoms with Crippen LogP contribution < -0.4 is 16.0 Å². The number of benzene rings is 3. The van der Waals surface area contributed by atoms with Crippen molar-refractivity contribution in [3.63, 3.8) is 0 Å². The number of nitrogens with zero attached hydrogens (tertiary/aromatic N) is 3. The summed E-state index contributed by atoms with van der Waals surface area (Å²) in [4.78, 5) is 30.1. The molecule has 3 N–H and O–H groups in total. The molecular formula is C27H26FN5O4S. The first-order chi connectivity index (χ1) is 18.1. The van der Waals surface area contributed by atoms with Gasteiger partial charge in [-0.3, -0.25) is 9.59 Å². The molecule has 1 aliphatic heterocycles. The van der Waals surface area contributed by atoms with Crippen LogP contribution in [0.25, 0.3) is 0 Å². The molecule has 9 nitrogen and oxygen atoms in total. The number of nitrogens with two attached hydrogens (primary N) is 1. The zero-order valence-corrected chi connectivity index (χ0v) is 21.4. The normalized spacial score (nSPS) is 14.4. The maximum absolute atomic E-state index is 13.8. The number of rotatable bonds is 6. The molecule has 1 atom stereocenters. The highest BCUT2D eigenvalue weighted by Gasteiger charge is 2.31. The molecule has 196 valence electrons. The van der Waals surface area contributed by atoms with Crippen LogP contribution >= 0.6 is 0 Å². The minimum absolute atomic E-state index is 0.0900. The number of halogens is 1. The molecule has 2 amide bonds. The van der Waals surface area contributed by atoms with Gasteiger partial charge in [-0.25, -0.2) is 12.8 Å². The molecule has 0 aliphatic carbocycles. The van der Waals surface area contributed by atoms with Crippen LogP contribution in [0.2, 0.25) is 0 Å². The van der Waals surface area contributed by atoms with Crippen molar-refractivity contribution >= 4 is 33.0 Å². The summed E-state index contributed by atoms with van der Waals surface area (Å²) >= 11 is 0. The van der Waals surface area contributed by atoms with Crippen LogP contribution in [0, 0.1) is 17.1 Å². The zero-order chi connectivity index (χ0) is 27.4. The fraction of sp³-hybridized carbons (Fsp3) is 0.222. The first-order valence-electron chi connectivity index (χ1n) is 11.8. The van der Waals surface area contributed by atoms with Crippen molar-refractivity contribution in [2.24, 2.45) is 0 Å². The standard InChI is InChI=1S/C27H26FN5O4S/c1-38(36,37)24-16-20(28)8-10-23(24)32-11-13-33(14-12-32)27(35)25(19-5-3-2-4-6-19)31-26(34)21-15-18(17-29)7-9-22(21)30/h2-10,15-16,25H,11-14,30H2,1H3,(H,31,34)/t25-/m1/s1. The van der Waals surface area contributed by atoms with Gasteiger partial charge in [0.15, 0.2) is 9.84 Å². The Balaban J connectivity index is 1.55. The Morgan fingerprint density at radius 1 is 1.03 bits per heavy atom.